The van der Waals surface area contributed by atoms with Crippen molar-refractivity contribution in [2.24, 2.45) is 0 Å². The third-order valence-corrected chi connectivity index (χ3v) is 3.01. The Morgan fingerprint density at radius 2 is 2.10 bits per heavy atom. The standard InChI is InChI=1S/C15H20N2O3/c1-11(2)17-8-7-13(16-17)10-20-15-12(9-18)5-4-6-14(15)19-3/h4-8,11,18H,9-10H2,1-3H3. The second-order valence-corrected chi connectivity index (χ2v) is 4.78. The molecule has 0 aliphatic rings. The first-order valence-corrected chi connectivity index (χ1v) is 6.59. The average molecular weight is 276 g/mol. The molecule has 0 aliphatic heterocycles. The highest BCUT2D eigenvalue weighted by atomic mass is 16.5. The van der Waals surface area contributed by atoms with E-state index in [4.69, 9.17) is 9.47 Å². The number of aliphatic hydroxyl groups excluding tert-OH is 1. The molecule has 0 radical (unpaired) electrons. The van der Waals surface area contributed by atoms with Crippen LogP contribution in [0.25, 0.3) is 0 Å². The van der Waals surface area contributed by atoms with Gasteiger partial charge in [0.2, 0.25) is 0 Å². The zero-order valence-corrected chi connectivity index (χ0v) is 12.0. The highest BCUT2D eigenvalue weighted by molar-refractivity contribution is 5.46. The van der Waals surface area contributed by atoms with Crippen LogP contribution in [0, 0.1) is 0 Å². The SMILES string of the molecule is COc1cccc(CO)c1OCc1ccn(C(C)C)n1. The molecule has 0 spiro atoms. The molecule has 0 unspecified atom stereocenters. The highest BCUT2D eigenvalue weighted by Gasteiger charge is 2.11. The Morgan fingerprint density at radius 3 is 2.70 bits per heavy atom. The predicted octanol–water partition coefficient (Wildman–Crippen LogP) is 2.54. The van der Waals surface area contributed by atoms with Crippen LogP contribution < -0.4 is 9.47 Å². The second-order valence-electron chi connectivity index (χ2n) is 4.78. The summed E-state index contributed by atoms with van der Waals surface area (Å²) >= 11 is 0. The molecule has 1 aromatic heterocycles. The fourth-order valence-electron chi connectivity index (χ4n) is 1.90. The second kappa shape index (κ2) is 6.43. The normalized spacial score (nSPS) is 10.8. The molecule has 20 heavy (non-hydrogen) atoms. The van der Waals surface area contributed by atoms with Crippen molar-refractivity contribution < 1.29 is 14.6 Å². The number of hydrogen-bond acceptors (Lipinski definition) is 4. The van der Waals surface area contributed by atoms with Crippen molar-refractivity contribution >= 4 is 0 Å². The van der Waals surface area contributed by atoms with Gasteiger partial charge in [-0.3, -0.25) is 4.68 Å². The van der Waals surface area contributed by atoms with E-state index in [2.05, 4.69) is 18.9 Å². The van der Waals surface area contributed by atoms with Crippen LogP contribution in [0.1, 0.15) is 31.1 Å². The quantitative estimate of drug-likeness (QED) is 0.881. The summed E-state index contributed by atoms with van der Waals surface area (Å²) in [4.78, 5) is 0. The predicted molar refractivity (Wildman–Crippen MR) is 75.9 cm³/mol. The van der Waals surface area contributed by atoms with Gasteiger partial charge >= 0.3 is 0 Å². The van der Waals surface area contributed by atoms with E-state index in [0.717, 1.165) is 5.69 Å². The zero-order valence-electron chi connectivity index (χ0n) is 12.0. The molecule has 0 saturated carbocycles. The summed E-state index contributed by atoms with van der Waals surface area (Å²) < 4.78 is 12.9. The molecule has 0 saturated heterocycles. The molecule has 0 atom stereocenters. The van der Waals surface area contributed by atoms with Gasteiger partial charge in [0.15, 0.2) is 11.5 Å². The summed E-state index contributed by atoms with van der Waals surface area (Å²) in [7, 11) is 1.58. The van der Waals surface area contributed by atoms with Gasteiger partial charge in [-0.2, -0.15) is 5.10 Å². The Balaban J connectivity index is 2.13. The van der Waals surface area contributed by atoms with E-state index in [1.54, 1.807) is 13.2 Å². The lowest BCUT2D eigenvalue weighted by Gasteiger charge is -2.13. The van der Waals surface area contributed by atoms with Crippen molar-refractivity contribution in [3.05, 3.63) is 41.7 Å². The maximum absolute atomic E-state index is 9.36. The molecule has 1 heterocycles. The number of rotatable bonds is 6. The van der Waals surface area contributed by atoms with Gasteiger partial charge in [0.1, 0.15) is 6.61 Å². The van der Waals surface area contributed by atoms with E-state index in [9.17, 15) is 5.11 Å². The van der Waals surface area contributed by atoms with E-state index in [-0.39, 0.29) is 6.61 Å². The molecule has 2 aromatic rings. The van der Waals surface area contributed by atoms with Crippen LogP contribution in [0.5, 0.6) is 11.5 Å². The van der Waals surface area contributed by atoms with Gasteiger partial charge in [0.05, 0.1) is 19.4 Å². The van der Waals surface area contributed by atoms with E-state index in [1.807, 2.05) is 29.1 Å². The Morgan fingerprint density at radius 1 is 1.30 bits per heavy atom. The van der Waals surface area contributed by atoms with Crippen LogP contribution in [0.4, 0.5) is 0 Å². The number of methoxy groups -OCH3 is 1. The molecule has 2 rings (SSSR count). The monoisotopic (exact) mass is 276 g/mol. The van der Waals surface area contributed by atoms with Gasteiger partial charge in [0, 0.05) is 17.8 Å². The fraction of sp³-hybridized carbons (Fsp3) is 0.400. The Bertz CT molecular complexity index is 542. The third kappa shape index (κ3) is 3.11. The van der Waals surface area contributed by atoms with Crippen LogP contribution in [0.15, 0.2) is 30.5 Å². The lowest BCUT2D eigenvalue weighted by Crippen LogP contribution is -2.05. The molecule has 0 aliphatic carbocycles. The largest absolute Gasteiger partial charge is 0.493 e. The maximum atomic E-state index is 9.36. The number of para-hydroxylation sites is 1. The summed E-state index contributed by atoms with van der Waals surface area (Å²) in [6.07, 6.45) is 1.93. The average Bonchev–Trinajstić information content (AvgIpc) is 2.93. The van der Waals surface area contributed by atoms with Gasteiger partial charge in [-0.15, -0.1) is 0 Å². The minimum absolute atomic E-state index is 0.0903. The van der Waals surface area contributed by atoms with Crippen molar-refractivity contribution in [2.75, 3.05) is 7.11 Å². The van der Waals surface area contributed by atoms with E-state index in [1.165, 1.54) is 0 Å². The van der Waals surface area contributed by atoms with Crippen molar-refractivity contribution in [2.45, 2.75) is 33.1 Å². The molecule has 5 heteroatoms. The highest BCUT2D eigenvalue weighted by Crippen LogP contribution is 2.31. The maximum Gasteiger partial charge on any atom is 0.167 e. The first-order valence-electron chi connectivity index (χ1n) is 6.59. The molecule has 0 bridgehead atoms. The number of hydrogen-bond donors (Lipinski definition) is 1. The van der Waals surface area contributed by atoms with Crippen molar-refractivity contribution in [3.63, 3.8) is 0 Å². The Kier molecular flexibility index (Phi) is 4.63. The lowest BCUT2D eigenvalue weighted by atomic mass is 10.2. The van der Waals surface area contributed by atoms with Crippen molar-refractivity contribution in [3.8, 4) is 11.5 Å². The van der Waals surface area contributed by atoms with Crippen LogP contribution in [0.3, 0.4) is 0 Å². The summed E-state index contributed by atoms with van der Waals surface area (Å²) in [5.74, 6) is 1.18. The van der Waals surface area contributed by atoms with Crippen molar-refractivity contribution in [1.82, 2.24) is 9.78 Å². The number of ether oxygens (including phenoxy) is 2. The fourth-order valence-corrected chi connectivity index (χ4v) is 1.90. The number of benzene rings is 1. The minimum Gasteiger partial charge on any atom is -0.493 e. The molecule has 0 amide bonds. The Labute approximate surface area is 118 Å². The molecule has 1 aromatic carbocycles. The van der Waals surface area contributed by atoms with E-state index < -0.39 is 0 Å². The number of aromatic nitrogens is 2. The van der Waals surface area contributed by atoms with Crippen LogP contribution >= 0.6 is 0 Å². The zero-order chi connectivity index (χ0) is 14.5. The minimum atomic E-state index is -0.0903. The number of aliphatic hydroxyl groups is 1. The van der Waals surface area contributed by atoms with Gasteiger partial charge < -0.3 is 14.6 Å². The van der Waals surface area contributed by atoms with Crippen LogP contribution in [0.2, 0.25) is 0 Å². The summed E-state index contributed by atoms with van der Waals surface area (Å²) in [5.41, 5.74) is 1.54. The van der Waals surface area contributed by atoms with E-state index in [0.29, 0.717) is 29.7 Å². The summed E-state index contributed by atoms with van der Waals surface area (Å²) in [5, 5.41) is 13.8. The van der Waals surface area contributed by atoms with Gasteiger partial charge in [0.25, 0.3) is 0 Å². The van der Waals surface area contributed by atoms with Gasteiger partial charge in [-0.05, 0) is 26.0 Å². The topological polar surface area (TPSA) is 56.5 Å². The smallest absolute Gasteiger partial charge is 0.167 e. The lowest BCUT2D eigenvalue weighted by molar-refractivity contribution is 0.247. The number of nitrogens with zero attached hydrogens (tertiary/aromatic N) is 2. The summed E-state index contributed by atoms with van der Waals surface area (Å²) in [6.45, 7) is 4.39. The van der Waals surface area contributed by atoms with Gasteiger partial charge in [-0.1, -0.05) is 12.1 Å². The molecule has 5 nitrogen and oxygen atoms in total. The van der Waals surface area contributed by atoms with Crippen LogP contribution in [-0.4, -0.2) is 22.0 Å². The Hall–Kier alpha value is -2.01. The molecular formula is C15H20N2O3. The molecular weight excluding hydrogens is 256 g/mol. The summed E-state index contributed by atoms with van der Waals surface area (Å²) in [6, 6.07) is 7.69. The van der Waals surface area contributed by atoms with Crippen molar-refractivity contribution in [1.29, 1.82) is 0 Å². The molecule has 0 fully saturated rings. The van der Waals surface area contributed by atoms with E-state index >= 15 is 0 Å². The molecule has 108 valence electrons. The first-order chi connectivity index (χ1) is 9.65. The first kappa shape index (κ1) is 14.4. The third-order valence-electron chi connectivity index (χ3n) is 3.01. The van der Waals surface area contributed by atoms with Gasteiger partial charge in [-0.25, -0.2) is 0 Å². The molecule has 1 N–H and O–H groups in total. The van der Waals surface area contributed by atoms with Crippen LogP contribution in [-0.2, 0) is 13.2 Å².